The molecule has 0 saturated heterocycles. The minimum Gasteiger partial charge on any atom is -0.456 e. The fraction of sp³-hybridized carbons (Fsp3) is 0.0526. The Morgan fingerprint density at radius 1 is 0.407 bits per heavy atom. The molecule has 2 nitrogen and oxygen atoms in total. The van der Waals surface area contributed by atoms with Crippen LogP contribution in [0.15, 0.2) is 204 Å². The third-order valence-electron chi connectivity index (χ3n) is 11.9. The van der Waals surface area contributed by atoms with Crippen LogP contribution in [-0.4, -0.2) is 0 Å². The van der Waals surface area contributed by atoms with Crippen molar-refractivity contribution in [1.82, 2.24) is 0 Å². The smallest absolute Gasteiger partial charge is 0.136 e. The largest absolute Gasteiger partial charge is 0.456 e. The second kappa shape index (κ2) is 12.8. The van der Waals surface area contributed by atoms with Crippen LogP contribution in [0.3, 0.4) is 0 Å². The molecule has 0 fully saturated rings. The van der Waals surface area contributed by atoms with Crippen LogP contribution in [0.5, 0.6) is 0 Å². The Bertz CT molecular complexity index is 4210. The summed E-state index contributed by atoms with van der Waals surface area (Å²) in [7, 11) is 0. The molecule has 278 valence electrons. The van der Waals surface area contributed by atoms with Gasteiger partial charge >= 0.3 is 0 Å². The van der Waals surface area contributed by atoms with E-state index in [0.717, 1.165) is 33.8 Å². The summed E-state index contributed by atoms with van der Waals surface area (Å²) >= 11 is 0. The summed E-state index contributed by atoms with van der Waals surface area (Å²) in [4.78, 5) is 2.14. The van der Waals surface area contributed by atoms with Gasteiger partial charge in [0.2, 0.25) is 0 Å². The number of furan rings is 1. The van der Waals surface area contributed by atoms with Crippen molar-refractivity contribution in [3.05, 3.63) is 211 Å². The van der Waals surface area contributed by atoms with Crippen LogP contribution in [0.25, 0.3) is 87.6 Å². The fourth-order valence-corrected chi connectivity index (χ4v) is 9.13. The molecule has 0 atom stereocenters. The Labute approximate surface area is 361 Å². The normalized spacial score (nSPS) is 16.1. The van der Waals surface area contributed by atoms with Gasteiger partial charge in [0, 0.05) is 38.6 Å². The summed E-state index contributed by atoms with van der Waals surface area (Å²) in [6, 6.07) is 33.5. The molecule has 1 aromatic heterocycles. The van der Waals surface area contributed by atoms with E-state index in [1.807, 2.05) is 30.3 Å². The monoisotopic (exact) mass is 766 g/mol. The molecular weight excluding hydrogens is 715 g/mol. The molecule has 0 N–H and O–H groups in total. The van der Waals surface area contributed by atoms with E-state index < -0.39 is 78.6 Å². The summed E-state index contributed by atoms with van der Waals surface area (Å²) in [5.74, 6) is 0. The number of benzene rings is 10. The van der Waals surface area contributed by atoms with Gasteiger partial charge < -0.3 is 9.32 Å². The van der Waals surface area contributed by atoms with Crippen LogP contribution in [0.1, 0.15) is 42.8 Å². The molecule has 0 radical (unpaired) electrons. The van der Waals surface area contributed by atoms with Crippen LogP contribution in [0.4, 0.5) is 17.1 Å². The third-order valence-corrected chi connectivity index (χ3v) is 11.9. The molecule has 12 rings (SSSR count). The lowest BCUT2D eigenvalue weighted by molar-refractivity contribution is 0.660. The van der Waals surface area contributed by atoms with Gasteiger partial charge in [-0.1, -0.05) is 159 Å². The zero-order valence-electron chi connectivity index (χ0n) is 44.9. The Balaban J connectivity index is 1.15. The Morgan fingerprint density at radius 2 is 1.02 bits per heavy atom. The van der Waals surface area contributed by atoms with E-state index in [4.69, 9.17) is 12.6 Å². The van der Waals surface area contributed by atoms with Crippen molar-refractivity contribution in [1.29, 1.82) is 0 Å². The van der Waals surface area contributed by atoms with Crippen LogP contribution >= 0.6 is 0 Å². The van der Waals surface area contributed by atoms with Gasteiger partial charge in [-0.05, 0) is 126 Å². The van der Waals surface area contributed by atoms with Gasteiger partial charge in [0.25, 0.3) is 0 Å². The predicted molar refractivity (Wildman–Crippen MR) is 249 cm³/mol. The molecule has 0 unspecified atom stereocenters. The number of hydrogen-bond donors (Lipinski definition) is 0. The second-order valence-electron chi connectivity index (χ2n) is 15.5. The molecule has 0 aliphatic heterocycles. The lowest BCUT2D eigenvalue weighted by atomic mass is 9.82. The maximum atomic E-state index is 9.66. The number of fused-ring (bicyclic) bond motifs is 13. The molecule has 1 heterocycles. The average Bonchev–Trinajstić information content (AvgIpc) is 3.90. The summed E-state index contributed by atoms with van der Waals surface area (Å²) in [6.07, 6.45) is 0. The van der Waals surface area contributed by atoms with Crippen molar-refractivity contribution in [2.75, 3.05) is 4.90 Å². The van der Waals surface area contributed by atoms with Gasteiger partial charge in [-0.2, -0.15) is 0 Å². The molecule has 11 aromatic rings. The van der Waals surface area contributed by atoms with Crippen molar-refractivity contribution in [2.45, 2.75) is 19.3 Å². The molecule has 1 aliphatic carbocycles. The van der Waals surface area contributed by atoms with E-state index in [1.54, 1.807) is 12.1 Å². The van der Waals surface area contributed by atoms with E-state index in [-0.39, 0.29) is 65.2 Å². The van der Waals surface area contributed by atoms with Gasteiger partial charge in [0.1, 0.15) is 11.2 Å². The third kappa shape index (κ3) is 5.06. The molecule has 0 spiro atoms. The average molecular weight is 767 g/mol. The van der Waals surface area contributed by atoms with Crippen LogP contribution in [-0.2, 0) is 5.41 Å². The topological polar surface area (TPSA) is 16.4 Å². The standard InChI is InChI=1S/C57H39NO/c1-57(2)50-21-10-8-16-44(50)45-32-31-41(35-51(45)57)58(39-27-23-37(24-28-39)36-13-4-3-5-14-36)40-29-25-38(26-30-40)42-19-12-20-46-43-15-6-7-17-47(43)55-49(54(42)46)33-34-53-56(55)48-18-9-11-22-52(48)59-53/h3-35H,1-2H3/i6D,7D,9D,11D,12D,15D,17D,18D,19D,20D,22D,33D,34D. The highest BCUT2D eigenvalue weighted by Crippen LogP contribution is 2.51. The van der Waals surface area contributed by atoms with Gasteiger partial charge in [0.15, 0.2) is 0 Å². The highest BCUT2D eigenvalue weighted by molar-refractivity contribution is 6.36. The minimum absolute atomic E-state index is 0.00523. The van der Waals surface area contributed by atoms with Gasteiger partial charge in [-0.25, -0.2) is 0 Å². The van der Waals surface area contributed by atoms with Gasteiger partial charge in [-0.15, -0.1) is 0 Å². The lowest BCUT2D eigenvalue weighted by Crippen LogP contribution is -2.16. The lowest BCUT2D eigenvalue weighted by Gasteiger charge is -2.28. The first-order valence-electron chi connectivity index (χ1n) is 25.9. The summed E-state index contributed by atoms with van der Waals surface area (Å²) in [5, 5.41) is -0.881. The zero-order chi connectivity index (χ0) is 50.6. The Hall–Kier alpha value is -7.42. The number of rotatable bonds is 5. The quantitative estimate of drug-likeness (QED) is 0.162. The first kappa shape index (κ1) is 23.1. The molecule has 2 heteroatoms. The van der Waals surface area contributed by atoms with Gasteiger partial charge in [0.05, 0.1) is 17.8 Å². The minimum atomic E-state index is -0.640. The van der Waals surface area contributed by atoms with Crippen molar-refractivity contribution < 1.29 is 22.2 Å². The van der Waals surface area contributed by atoms with Crippen molar-refractivity contribution in [3.8, 4) is 33.4 Å². The molecule has 59 heavy (non-hydrogen) atoms. The molecule has 1 aliphatic rings. The summed E-state index contributed by atoms with van der Waals surface area (Å²) in [6.45, 7) is 4.45. The number of anilines is 3. The maximum Gasteiger partial charge on any atom is 0.136 e. The van der Waals surface area contributed by atoms with Crippen molar-refractivity contribution >= 4 is 71.3 Å². The molecule has 0 saturated carbocycles. The first-order valence-corrected chi connectivity index (χ1v) is 19.4. The van der Waals surface area contributed by atoms with E-state index in [9.17, 15) is 9.60 Å². The predicted octanol–water partition coefficient (Wildman–Crippen LogP) is 16.2. The summed E-state index contributed by atoms with van der Waals surface area (Å²) in [5.41, 5.74) is 8.88. The number of hydrogen-bond acceptors (Lipinski definition) is 2. The maximum absolute atomic E-state index is 9.66. The highest BCUT2D eigenvalue weighted by atomic mass is 16.3. The van der Waals surface area contributed by atoms with Crippen LogP contribution < -0.4 is 4.90 Å². The summed E-state index contributed by atoms with van der Waals surface area (Å²) < 4.78 is 124. The number of para-hydroxylation sites is 1. The first-order chi connectivity index (χ1) is 34.4. The number of nitrogens with zero attached hydrogens (tertiary/aromatic N) is 1. The van der Waals surface area contributed by atoms with Crippen molar-refractivity contribution in [2.24, 2.45) is 0 Å². The molecule has 10 aromatic carbocycles. The van der Waals surface area contributed by atoms with E-state index in [1.165, 1.54) is 16.7 Å². The highest BCUT2D eigenvalue weighted by Gasteiger charge is 2.35. The Kier molecular flexibility index (Phi) is 5.01. The van der Waals surface area contributed by atoms with Crippen LogP contribution in [0.2, 0.25) is 0 Å². The van der Waals surface area contributed by atoms with Crippen LogP contribution in [0, 0.1) is 0 Å². The zero-order valence-corrected chi connectivity index (χ0v) is 31.9. The SMILES string of the molecule is [2H]c1c([2H])c([2H])c2c(oc3c([2H])c([2H])c4c5c(-c6ccc(N(c7ccc(-c8ccccc8)cc7)c7ccc8c(c7)C(C)(C)c7ccccc7-8)cc6)c([2H])c([2H])c([2H])c5c5c([2H])c([2H])c([2H])c([2H])c5c4c32)c1[2H]. The second-order valence-corrected chi connectivity index (χ2v) is 15.5. The fourth-order valence-electron chi connectivity index (χ4n) is 9.13. The van der Waals surface area contributed by atoms with E-state index >= 15 is 0 Å². The molecular formula is C57H39NO. The molecule has 0 bridgehead atoms. The van der Waals surface area contributed by atoms with Gasteiger partial charge in [-0.3, -0.25) is 0 Å². The van der Waals surface area contributed by atoms with E-state index in [2.05, 4.69) is 97.6 Å². The Morgan fingerprint density at radius 3 is 1.81 bits per heavy atom. The van der Waals surface area contributed by atoms with E-state index in [0.29, 0.717) is 5.56 Å². The van der Waals surface area contributed by atoms with Crippen molar-refractivity contribution in [3.63, 3.8) is 0 Å². The molecule has 0 amide bonds.